The molecule has 0 radical (unpaired) electrons. The van der Waals surface area contributed by atoms with Crippen molar-refractivity contribution < 1.29 is 22.7 Å². The highest BCUT2D eigenvalue weighted by Gasteiger charge is 2.40. The first-order chi connectivity index (χ1) is 13.9. The molecule has 1 heterocycles. The molecule has 1 aromatic rings. The third-order valence-electron chi connectivity index (χ3n) is 6.07. The van der Waals surface area contributed by atoms with Gasteiger partial charge in [-0.3, -0.25) is 0 Å². The molecule has 0 aromatic heterocycles. The van der Waals surface area contributed by atoms with Gasteiger partial charge in [0.1, 0.15) is 16.2 Å². The Morgan fingerprint density at radius 2 is 1.73 bits per heavy atom. The third kappa shape index (κ3) is 5.90. The van der Waals surface area contributed by atoms with E-state index in [2.05, 4.69) is 15.9 Å². The minimum absolute atomic E-state index is 0.0150. The van der Waals surface area contributed by atoms with Gasteiger partial charge in [0, 0.05) is 23.8 Å². The van der Waals surface area contributed by atoms with Gasteiger partial charge in [-0.15, -0.1) is 0 Å². The molecule has 6 nitrogen and oxygen atoms in total. The van der Waals surface area contributed by atoms with E-state index in [4.69, 9.17) is 9.47 Å². The van der Waals surface area contributed by atoms with E-state index in [1.165, 1.54) is 6.26 Å². The van der Waals surface area contributed by atoms with Crippen molar-refractivity contribution in [1.82, 2.24) is 4.90 Å². The first kappa shape index (κ1) is 23.4. The number of sulfone groups is 1. The molecule has 30 heavy (non-hydrogen) atoms. The van der Waals surface area contributed by atoms with Crippen LogP contribution in [0.25, 0.3) is 0 Å². The predicted octanol–water partition coefficient (Wildman–Crippen LogP) is 5.19. The van der Waals surface area contributed by atoms with E-state index < -0.39 is 15.4 Å². The second-order valence-electron chi connectivity index (χ2n) is 9.65. The Balaban J connectivity index is 1.56. The molecule has 2 aliphatic rings. The van der Waals surface area contributed by atoms with Crippen molar-refractivity contribution in [2.24, 2.45) is 5.41 Å². The topological polar surface area (TPSA) is 72.9 Å². The van der Waals surface area contributed by atoms with E-state index in [9.17, 15) is 13.2 Å². The standard InChI is InChI=1S/C22H32BrNO5S/c1-21(2,3)29-20(25)24-13-11-22(12-14-24)9-7-17(8-10-22)28-18-6-5-16(23)15-19(18)30(4,26)27/h5-6,15,17H,7-14H2,1-4H3. The van der Waals surface area contributed by atoms with Gasteiger partial charge in [0.15, 0.2) is 9.84 Å². The summed E-state index contributed by atoms with van der Waals surface area (Å²) in [6.07, 6.45) is 6.80. The van der Waals surface area contributed by atoms with Gasteiger partial charge in [-0.1, -0.05) is 15.9 Å². The van der Waals surface area contributed by atoms with Crippen LogP contribution in [-0.4, -0.2) is 50.5 Å². The number of ether oxygens (including phenoxy) is 2. The number of nitrogens with zero attached hydrogens (tertiary/aromatic N) is 1. The highest BCUT2D eigenvalue weighted by atomic mass is 79.9. The van der Waals surface area contributed by atoms with Gasteiger partial charge in [0.25, 0.3) is 0 Å². The molecule has 8 heteroatoms. The molecule has 168 valence electrons. The van der Waals surface area contributed by atoms with Crippen molar-refractivity contribution in [3.8, 4) is 5.75 Å². The summed E-state index contributed by atoms with van der Waals surface area (Å²) in [6, 6.07) is 5.13. The number of amides is 1. The number of carbonyl (C=O) groups is 1. The van der Waals surface area contributed by atoms with Gasteiger partial charge < -0.3 is 14.4 Å². The fourth-order valence-electron chi connectivity index (χ4n) is 4.36. The zero-order valence-electron chi connectivity index (χ0n) is 18.2. The molecule has 0 unspecified atom stereocenters. The second-order valence-corrected chi connectivity index (χ2v) is 12.5. The zero-order valence-corrected chi connectivity index (χ0v) is 20.6. The van der Waals surface area contributed by atoms with Gasteiger partial charge >= 0.3 is 6.09 Å². The maximum absolute atomic E-state index is 12.3. The van der Waals surface area contributed by atoms with Crippen molar-refractivity contribution >= 4 is 31.9 Å². The van der Waals surface area contributed by atoms with Crippen LogP contribution in [-0.2, 0) is 14.6 Å². The molecule has 3 rings (SSSR count). The molecule has 1 aliphatic heterocycles. The number of rotatable bonds is 3. The molecule has 2 fully saturated rings. The summed E-state index contributed by atoms with van der Waals surface area (Å²) in [5.41, 5.74) is -0.225. The average Bonchev–Trinajstić information content (AvgIpc) is 2.63. The second kappa shape index (κ2) is 8.69. The highest BCUT2D eigenvalue weighted by Crippen LogP contribution is 2.45. The van der Waals surface area contributed by atoms with E-state index in [0.717, 1.165) is 56.1 Å². The van der Waals surface area contributed by atoms with Crippen molar-refractivity contribution in [2.75, 3.05) is 19.3 Å². The number of halogens is 1. The number of piperidine rings is 1. The van der Waals surface area contributed by atoms with Gasteiger partial charge in [-0.05, 0) is 82.9 Å². The Bertz CT molecular complexity index is 875. The minimum Gasteiger partial charge on any atom is -0.489 e. The summed E-state index contributed by atoms with van der Waals surface area (Å²) in [7, 11) is -3.37. The largest absolute Gasteiger partial charge is 0.489 e. The van der Waals surface area contributed by atoms with E-state index in [-0.39, 0.29) is 22.5 Å². The van der Waals surface area contributed by atoms with Crippen LogP contribution in [0.15, 0.2) is 27.6 Å². The summed E-state index contributed by atoms with van der Waals surface area (Å²) in [5.74, 6) is 0.432. The molecule has 1 saturated heterocycles. The number of carbonyl (C=O) groups excluding carboxylic acids is 1. The first-order valence-corrected chi connectivity index (χ1v) is 13.2. The van der Waals surface area contributed by atoms with Crippen LogP contribution in [0, 0.1) is 5.41 Å². The molecule has 1 amide bonds. The quantitative estimate of drug-likeness (QED) is 0.569. The van der Waals surface area contributed by atoms with Gasteiger partial charge in [0.05, 0.1) is 6.10 Å². The number of hydrogen-bond acceptors (Lipinski definition) is 5. The Morgan fingerprint density at radius 3 is 2.27 bits per heavy atom. The maximum Gasteiger partial charge on any atom is 0.410 e. The SMILES string of the molecule is CC(C)(C)OC(=O)N1CCC2(CCC(Oc3ccc(Br)cc3S(C)(=O)=O)CC2)CC1. The smallest absolute Gasteiger partial charge is 0.410 e. The molecule has 0 bridgehead atoms. The van der Waals surface area contributed by atoms with Crippen molar-refractivity contribution in [2.45, 2.75) is 75.9 Å². The summed E-state index contributed by atoms with van der Waals surface area (Å²) < 4.78 is 36.6. The highest BCUT2D eigenvalue weighted by molar-refractivity contribution is 9.10. The third-order valence-corrected chi connectivity index (χ3v) is 7.68. The first-order valence-electron chi connectivity index (χ1n) is 10.5. The fourth-order valence-corrected chi connectivity index (χ4v) is 5.70. The fraction of sp³-hybridized carbons (Fsp3) is 0.682. The summed E-state index contributed by atoms with van der Waals surface area (Å²) in [5, 5.41) is 0. The lowest BCUT2D eigenvalue weighted by Crippen LogP contribution is -2.46. The van der Waals surface area contributed by atoms with E-state index >= 15 is 0 Å². The van der Waals surface area contributed by atoms with Crippen LogP contribution in [0.2, 0.25) is 0 Å². The van der Waals surface area contributed by atoms with Crippen LogP contribution >= 0.6 is 15.9 Å². The summed E-state index contributed by atoms with van der Waals surface area (Å²) >= 11 is 3.34. The molecular formula is C22H32BrNO5S. The summed E-state index contributed by atoms with van der Waals surface area (Å²) in [4.78, 5) is 14.4. The van der Waals surface area contributed by atoms with Crippen LogP contribution < -0.4 is 4.74 Å². The lowest BCUT2D eigenvalue weighted by atomic mass is 9.67. The lowest BCUT2D eigenvalue weighted by Gasteiger charge is -2.45. The van der Waals surface area contributed by atoms with Crippen LogP contribution in [0.4, 0.5) is 4.79 Å². The summed E-state index contributed by atoms with van der Waals surface area (Å²) in [6.45, 7) is 7.12. The minimum atomic E-state index is -3.37. The molecular weight excluding hydrogens is 470 g/mol. The number of hydrogen-bond donors (Lipinski definition) is 0. The van der Waals surface area contributed by atoms with Crippen molar-refractivity contribution in [3.63, 3.8) is 0 Å². The van der Waals surface area contributed by atoms with Crippen molar-refractivity contribution in [1.29, 1.82) is 0 Å². The zero-order chi connectivity index (χ0) is 22.2. The average molecular weight is 502 g/mol. The van der Waals surface area contributed by atoms with E-state index in [0.29, 0.717) is 5.75 Å². The molecule has 0 N–H and O–H groups in total. The monoisotopic (exact) mass is 501 g/mol. The normalized spacial score (nSPS) is 20.2. The molecule has 1 saturated carbocycles. The van der Waals surface area contributed by atoms with Crippen LogP contribution in [0.1, 0.15) is 59.3 Å². The Morgan fingerprint density at radius 1 is 1.13 bits per heavy atom. The lowest BCUT2D eigenvalue weighted by molar-refractivity contribution is -0.00491. The molecule has 1 aromatic carbocycles. The van der Waals surface area contributed by atoms with Gasteiger partial charge in [-0.2, -0.15) is 0 Å². The number of benzene rings is 1. The Kier molecular flexibility index (Phi) is 6.77. The van der Waals surface area contributed by atoms with Gasteiger partial charge in [0.2, 0.25) is 0 Å². The van der Waals surface area contributed by atoms with Crippen LogP contribution in [0.3, 0.4) is 0 Å². The maximum atomic E-state index is 12.3. The molecule has 1 spiro atoms. The van der Waals surface area contributed by atoms with E-state index in [1.54, 1.807) is 18.2 Å². The Labute approximate surface area is 188 Å². The molecule has 0 atom stereocenters. The molecule has 1 aliphatic carbocycles. The van der Waals surface area contributed by atoms with Crippen LogP contribution in [0.5, 0.6) is 5.75 Å². The Hall–Kier alpha value is -1.28. The van der Waals surface area contributed by atoms with Gasteiger partial charge in [-0.25, -0.2) is 13.2 Å². The number of likely N-dealkylation sites (tertiary alicyclic amines) is 1. The van der Waals surface area contributed by atoms with E-state index in [1.807, 2.05) is 25.7 Å². The predicted molar refractivity (Wildman–Crippen MR) is 120 cm³/mol. The van der Waals surface area contributed by atoms with Crippen molar-refractivity contribution in [3.05, 3.63) is 22.7 Å².